The van der Waals surface area contributed by atoms with Crippen LogP contribution in [0.4, 0.5) is 0 Å². The van der Waals surface area contributed by atoms with Crippen molar-refractivity contribution < 1.29 is 0 Å². The fourth-order valence-electron chi connectivity index (χ4n) is 1.79. The molecule has 0 aliphatic carbocycles. The van der Waals surface area contributed by atoms with E-state index in [0.717, 1.165) is 0 Å². The summed E-state index contributed by atoms with van der Waals surface area (Å²) >= 11 is 0. The predicted molar refractivity (Wildman–Crippen MR) is 96.4 cm³/mol. The van der Waals surface area contributed by atoms with Crippen LogP contribution in [0.25, 0.3) is 0 Å². The molecular formula is C20H40. The molecule has 0 radical (unpaired) electrons. The average Bonchev–Trinajstić information content (AvgIpc) is 2.47. The van der Waals surface area contributed by atoms with Crippen LogP contribution in [-0.4, -0.2) is 0 Å². The van der Waals surface area contributed by atoms with E-state index < -0.39 is 0 Å². The smallest absolute Gasteiger partial charge is 0.0351 e. The van der Waals surface area contributed by atoms with Crippen LogP contribution in [0.2, 0.25) is 0 Å². The minimum Gasteiger partial charge on any atom is -0.0885 e. The molecule has 0 heteroatoms. The molecule has 120 valence electrons. The zero-order valence-corrected chi connectivity index (χ0v) is 14.8. The molecule has 0 unspecified atom stereocenters. The Bertz CT molecular complexity index is 178. The van der Waals surface area contributed by atoms with E-state index in [1.807, 2.05) is 0 Å². The van der Waals surface area contributed by atoms with Gasteiger partial charge < -0.3 is 0 Å². The molecule has 0 spiro atoms. The van der Waals surface area contributed by atoms with Crippen LogP contribution in [0.15, 0.2) is 24.3 Å². The molecule has 20 heavy (non-hydrogen) atoms. The van der Waals surface area contributed by atoms with Gasteiger partial charge in [-0.05, 0) is 32.1 Å². The van der Waals surface area contributed by atoms with Crippen molar-refractivity contribution in [2.75, 3.05) is 0 Å². The first-order valence-electron chi connectivity index (χ1n) is 9.13. The minimum atomic E-state index is 1.26. The van der Waals surface area contributed by atoms with Gasteiger partial charge in [0.15, 0.2) is 0 Å². The fraction of sp³-hybridized carbons (Fsp3) is 0.800. The van der Waals surface area contributed by atoms with Gasteiger partial charge in [-0.15, -0.1) is 0 Å². The minimum absolute atomic E-state index is 1.26. The summed E-state index contributed by atoms with van der Waals surface area (Å²) in [5, 5.41) is 0. The van der Waals surface area contributed by atoms with Crippen molar-refractivity contribution in [2.45, 2.75) is 105 Å². The Hall–Kier alpha value is -0.520. The molecule has 0 aliphatic heterocycles. The first-order chi connectivity index (χ1) is 9.83. The van der Waals surface area contributed by atoms with E-state index in [9.17, 15) is 0 Å². The Morgan fingerprint density at radius 2 is 0.800 bits per heavy atom. The summed E-state index contributed by atoms with van der Waals surface area (Å²) in [5.41, 5.74) is 0. The molecular weight excluding hydrogens is 240 g/mol. The van der Waals surface area contributed by atoms with Crippen LogP contribution in [-0.2, 0) is 0 Å². The standard InChI is InChI=1S/2C10H20/c2*1-3-5-7-9-10-8-6-4-2/h9-10H,3-8H2,1-2H3;7,9H,3-6,8,10H2,1-2H3/b10-9-;9-7-. The summed E-state index contributed by atoms with van der Waals surface area (Å²) in [6.07, 6.45) is 25.1. The topological polar surface area (TPSA) is 0 Å². The lowest BCUT2D eigenvalue weighted by molar-refractivity contribution is 0.727. The van der Waals surface area contributed by atoms with Gasteiger partial charge in [0.05, 0.1) is 0 Å². The van der Waals surface area contributed by atoms with E-state index in [1.54, 1.807) is 0 Å². The van der Waals surface area contributed by atoms with E-state index in [2.05, 4.69) is 52.0 Å². The predicted octanol–water partition coefficient (Wildman–Crippen LogP) is 7.85. The molecule has 0 N–H and O–H groups in total. The van der Waals surface area contributed by atoms with Crippen molar-refractivity contribution >= 4 is 0 Å². The number of allylic oxidation sites excluding steroid dienone is 4. The molecule has 0 nitrogen and oxygen atoms in total. The van der Waals surface area contributed by atoms with Gasteiger partial charge in [-0.25, -0.2) is 0 Å². The molecule has 0 rings (SSSR count). The maximum atomic E-state index is 2.32. The highest BCUT2D eigenvalue weighted by Crippen LogP contribution is 2.00. The molecule has 0 aliphatic rings. The molecule has 0 aromatic heterocycles. The summed E-state index contributed by atoms with van der Waals surface area (Å²) in [6.45, 7) is 8.94. The lowest BCUT2D eigenvalue weighted by atomic mass is 10.2. The van der Waals surface area contributed by atoms with Crippen LogP contribution in [0.3, 0.4) is 0 Å². The van der Waals surface area contributed by atoms with Gasteiger partial charge in [-0.1, -0.05) is 96.9 Å². The Balaban J connectivity index is 0. The molecule has 0 heterocycles. The number of hydrogen-bond donors (Lipinski definition) is 0. The molecule has 0 saturated heterocycles. The first-order valence-corrected chi connectivity index (χ1v) is 9.13. The van der Waals surface area contributed by atoms with Gasteiger partial charge in [-0.2, -0.15) is 0 Å². The normalized spacial score (nSPS) is 11.0. The summed E-state index contributed by atoms with van der Waals surface area (Å²) in [7, 11) is 0. The third-order valence-corrected chi connectivity index (χ3v) is 3.21. The summed E-state index contributed by atoms with van der Waals surface area (Å²) in [5.74, 6) is 0. The highest BCUT2D eigenvalue weighted by atomic mass is 13.9. The van der Waals surface area contributed by atoms with Crippen LogP contribution in [0, 0.1) is 0 Å². The molecule has 0 amide bonds. The quantitative estimate of drug-likeness (QED) is 0.252. The lowest BCUT2D eigenvalue weighted by Gasteiger charge is -1.90. The number of rotatable bonds is 12. The second-order valence-corrected chi connectivity index (χ2v) is 5.51. The van der Waals surface area contributed by atoms with Crippen LogP contribution in [0.1, 0.15) is 105 Å². The van der Waals surface area contributed by atoms with E-state index in [0.29, 0.717) is 0 Å². The third kappa shape index (κ3) is 26.1. The largest absolute Gasteiger partial charge is 0.0885 e. The van der Waals surface area contributed by atoms with Gasteiger partial charge in [-0.3, -0.25) is 0 Å². The van der Waals surface area contributed by atoms with Crippen molar-refractivity contribution in [3.63, 3.8) is 0 Å². The van der Waals surface area contributed by atoms with Crippen LogP contribution in [0.5, 0.6) is 0 Å². The highest BCUT2D eigenvalue weighted by molar-refractivity contribution is 4.81. The second kappa shape index (κ2) is 23.6. The summed E-state index contributed by atoms with van der Waals surface area (Å²) in [4.78, 5) is 0. The SMILES string of the molecule is CCC/C=C\CCCCC.CCCC/C=C\CCCC. The number of hydrogen-bond acceptors (Lipinski definition) is 0. The molecule has 0 saturated carbocycles. The van der Waals surface area contributed by atoms with Gasteiger partial charge in [0.25, 0.3) is 0 Å². The molecule has 0 atom stereocenters. The Labute approximate surface area is 129 Å². The summed E-state index contributed by atoms with van der Waals surface area (Å²) < 4.78 is 0. The Morgan fingerprint density at radius 3 is 1.20 bits per heavy atom. The summed E-state index contributed by atoms with van der Waals surface area (Å²) in [6, 6.07) is 0. The van der Waals surface area contributed by atoms with Crippen molar-refractivity contribution in [1.82, 2.24) is 0 Å². The van der Waals surface area contributed by atoms with Crippen LogP contribution >= 0.6 is 0 Å². The maximum Gasteiger partial charge on any atom is -0.0351 e. The van der Waals surface area contributed by atoms with Gasteiger partial charge in [0.2, 0.25) is 0 Å². The Morgan fingerprint density at radius 1 is 0.400 bits per heavy atom. The Kier molecular flexibility index (Phi) is 25.7. The van der Waals surface area contributed by atoms with E-state index >= 15 is 0 Å². The van der Waals surface area contributed by atoms with E-state index in [1.165, 1.54) is 77.0 Å². The zero-order chi connectivity index (χ0) is 15.3. The van der Waals surface area contributed by atoms with E-state index in [4.69, 9.17) is 0 Å². The third-order valence-electron chi connectivity index (χ3n) is 3.21. The van der Waals surface area contributed by atoms with Crippen molar-refractivity contribution in [1.29, 1.82) is 0 Å². The molecule has 0 aromatic rings. The van der Waals surface area contributed by atoms with Crippen molar-refractivity contribution in [3.8, 4) is 0 Å². The van der Waals surface area contributed by atoms with Crippen LogP contribution < -0.4 is 0 Å². The van der Waals surface area contributed by atoms with Gasteiger partial charge in [0.1, 0.15) is 0 Å². The monoisotopic (exact) mass is 280 g/mol. The van der Waals surface area contributed by atoms with Crippen molar-refractivity contribution in [2.24, 2.45) is 0 Å². The molecule has 0 bridgehead atoms. The van der Waals surface area contributed by atoms with E-state index in [-0.39, 0.29) is 0 Å². The second-order valence-electron chi connectivity index (χ2n) is 5.51. The maximum absolute atomic E-state index is 2.32. The lowest BCUT2D eigenvalue weighted by Crippen LogP contribution is -1.70. The van der Waals surface area contributed by atoms with Crippen molar-refractivity contribution in [3.05, 3.63) is 24.3 Å². The fourth-order valence-corrected chi connectivity index (χ4v) is 1.79. The highest BCUT2D eigenvalue weighted by Gasteiger charge is 1.80. The zero-order valence-electron chi connectivity index (χ0n) is 14.8. The number of unbranched alkanes of at least 4 members (excludes halogenated alkanes) is 8. The first kappa shape index (κ1) is 21.8. The molecule has 0 fully saturated rings. The molecule has 0 aromatic carbocycles. The van der Waals surface area contributed by atoms with Gasteiger partial charge in [0, 0.05) is 0 Å². The average molecular weight is 281 g/mol. The van der Waals surface area contributed by atoms with Gasteiger partial charge >= 0.3 is 0 Å².